The summed E-state index contributed by atoms with van der Waals surface area (Å²) in [6, 6.07) is 4.59. The number of hydrogen-bond acceptors (Lipinski definition) is 5. The van der Waals surface area contributed by atoms with Crippen LogP contribution in [0.1, 0.15) is 48.5 Å². The molecule has 1 unspecified atom stereocenters. The van der Waals surface area contributed by atoms with E-state index in [1.54, 1.807) is 0 Å². The first kappa shape index (κ1) is 15.0. The number of halogens is 1. The molecule has 1 aromatic carbocycles. The van der Waals surface area contributed by atoms with Crippen molar-refractivity contribution in [2.45, 2.75) is 39.2 Å². The molecule has 2 rings (SSSR count). The van der Waals surface area contributed by atoms with Crippen LogP contribution >= 0.6 is 11.5 Å². The summed E-state index contributed by atoms with van der Waals surface area (Å²) in [5.41, 5.74) is 5.13. The molecule has 2 aromatic rings. The van der Waals surface area contributed by atoms with Crippen LogP contribution in [0.15, 0.2) is 18.2 Å². The largest absolute Gasteiger partial charge is 0.271 e. The highest BCUT2D eigenvalue weighted by Crippen LogP contribution is 2.33. The number of benzene rings is 1. The van der Waals surface area contributed by atoms with Gasteiger partial charge in [0.1, 0.15) is 5.82 Å². The van der Waals surface area contributed by atoms with E-state index in [4.69, 9.17) is 5.84 Å². The molecule has 0 fully saturated rings. The third-order valence-electron chi connectivity index (χ3n) is 3.05. The first-order valence-corrected chi connectivity index (χ1v) is 7.16. The van der Waals surface area contributed by atoms with Gasteiger partial charge < -0.3 is 0 Å². The zero-order chi connectivity index (χ0) is 14.9. The summed E-state index contributed by atoms with van der Waals surface area (Å²) >= 11 is 1.29. The third-order valence-corrected chi connectivity index (χ3v) is 3.84. The number of nitrogens with two attached hydrogens (primary N) is 1. The van der Waals surface area contributed by atoms with Crippen LogP contribution in [0.3, 0.4) is 0 Å². The molecular weight excluding hydrogens is 275 g/mol. The van der Waals surface area contributed by atoms with Crippen molar-refractivity contribution in [3.63, 3.8) is 0 Å². The van der Waals surface area contributed by atoms with E-state index >= 15 is 0 Å². The molecule has 108 valence electrons. The van der Waals surface area contributed by atoms with Gasteiger partial charge in [0.15, 0.2) is 0 Å². The minimum atomic E-state index is -0.307. The molecule has 0 radical (unpaired) electrons. The summed E-state index contributed by atoms with van der Waals surface area (Å²) in [6.45, 7) is 8.06. The summed E-state index contributed by atoms with van der Waals surface area (Å²) in [4.78, 5) is 0.921. The molecule has 0 aliphatic heterocycles. The summed E-state index contributed by atoms with van der Waals surface area (Å²) in [6.07, 6.45) is 0. The van der Waals surface area contributed by atoms with E-state index < -0.39 is 0 Å². The van der Waals surface area contributed by atoms with Crippen LogP contribution in [0.25, 0.3) is 0 Å². The predicted molar refractivity (Wildman–Crippen MR) is 78.9 cm³/mol. The van der Waals surface area contributed by atoms with Gasteiger partial charge >= 0.3 is 0 Å². The van der Waals surface area contributed by atoms with E-state index in [0.29, 0.717) is 0 Å². The van der Waals surface area contributed by atoms with Gasteiger partial charge in [-0.15, -0.1) is 5.10 Å². The van der Waals surface area contributed by atoms with Crippen molar-refractivity contribution < 1.29 is 4.39 Å². The Hall–Kier alpha value is -1.37. The Morgan fingerprint density at radius 1 is 1.30 bits per heavy atom. The summed E-state index contributed by atoms with van der Waals surface area (Å²) in [5.74, 6) is 5.42. The van der Waals surface area contributed by atoms with Crippen LogP contribution in [0.5, 0.6) is 0 Å². The number of aromatic nitrogens is 2. The lowest BCUT2D eigenvalue weighted by molar-refractivity contribution is 0.542. The second-order valence-corrected chi connectivity index (χ2v) is 6.68. The summed E-state index contributed by atoms with van der Waals surface area (Å²) in [7, 11) is 0. The van der Waals surface area contributed by atoms with Crippen molar-refractivity contribution >= 4 is 11.5 Å². The second-order valence-electron chi connectivity index (χ2n) is 5.90. The molecule has 0 saturated carbocycles. The standard InChI is InChI=1S/C14H19FN4S/c1-8-5-9(7-10(15)6-8)11(17-16)12-13(14(2,3)4)18-19-20-12/h5-7,11,17H,16H2,1-4H3. The molecule has 6 heteroatoms. The highest BCUT2D eigenvalue weighted by atomic mass is 32.1. The normalized spacial score (nSPS) is 13.5. The number of hydrazine groups is 1. The van der Waals surface area contributed by atoms with Crippen molar-refractivity contribution in [1.82, 2.24) is 15.0 Å². The predicted octanol–water partition coefficient (Wildman–Crippen LogP) is 2.84. The fourth-order valence-electron chi connectivity index (χ4n) is 2.16. The Bertz CT molecular complexity index is 583. The van der Waals surface area contributed by atoms with Crippen molar-refractivity contribution in [2.75, 3.05) is 0 Å². The van der Waals surface area contributed by atoms with Gasteiger partial charge in [-0.1, -0.05) is 31.3 Å². The molecule has 0 aliphatic rings. The first-order valence-electron chi connectivity index (χ1n) is 6.39. The number of aryl methyl sites for hydroxylation is 1. The molecule has 0 aliphatic carbocycles. The van der Waals surface area contributed by atoms with E-state index in [2.05, 4.69) is 35.8 Å². The molecule has 1 heterocycles. The van der Waals surface area contributed by atoms with Crippen LogP contribution in [-0.2, 0) is 5.41 Å². The van der Waals surface area contributed by atoms with E-state index in [0.717, 1.165) is 21.7 Å². The van der Waals surface area contributed by atoms with Gasteiger partial charge in [0, 0.05) is 5.41 Å². The molecule has 0 bridgehead atoms. The van der Waals surface area contributed by atoms with Crippen LogP contribution in [0, 0.1) is 12.7 Å². The van der Waals surface area contributed by atoms with Gasteiger partial charge in [-0.05, 0) is 41.7 Å². The maximum Gasteiger partial charge on any atom is 0.123 e. The first-order chi connectivity index (χ1) is 9.32. The summed E-state index contributed by atoms with van der Waals surface area (Å²) in [5, 5.41) is 4.21. The van der Waals surface area contributed by atoms with Gasteiger partial charge in [0.2, 0.25) is 0 Å². The van der Waals surface area contributed by atoms with Crippen LogP contribution in [0.4, 0.5) is 4.39 Å². The Labute approximate surface area is 122 Å². The molecule has 0 saturated heterocycles. The van der Waals surface area contributed by atoms with Crippen molar-refractivity contribution in [1.29, 1.82) is 0 Å². The summed E-state index contributed by atoms with van der Waals surface area (Å²) < 4.78 is 17.6. The number of hydrogen-bond donors (Lipinski definition) is 2. The smallest absolute Gasteiger partial charge is 0.123 e. The second kappa shape index (κ2) is 5.55. The fourth-order valence-corrected chi connectivity index (χ4v) is 3.11. The Morgan fingerprint density at radius 3 is 2.55 bits per heavy atom. The Morgan fingerprint density at radius 2 is 2.00 bits per heavy atom. The number of rotatable bonds is 3. The van der Waals surface area contributed by atoms with E-state index in [1.165, 1.54) is 23.7 Å². The lowest BCUT2D eigenvalue weighted by Crippen LogP contribution is -2.30. The maximum absolute atomic E-state index is 13.6. The highest BCUT2D eigenvalue weighted by Gasteiger charge is 2.28. The van der Waals surface area contributed by atoms with Gasteiger partial charge in [-0.3, -0.25) is 5.84 Å². The van der Waals surface area contributed by atoms with E-state index in [1.807, 2.05) is 13.0 Å². The average Bonchev–Trinajstić information content (AvgIpc) is 2.77. The lowest BCUT2D eigenvalue weighted by Gasteiger charge is -2.21. The Kier molecular flexibility index (Phi) is 4.17. The van der Waals surface area contributed by atoms with Gasteiger partial charge in [-0.25, -0.2) is 9.82 Å². The molecule has 3 N–H and O–H groups in total. The van der Waals surface area contributed by atoms with Gasteiger partial charge in [0.05, 0.1) is 16.6 Å². The number of nitrogens with one attached hydrogen (secondary N) is 1. The SMILES string of the molecule is Cc1cc(F)cc(C(NN)c2snnc2C(C)(C)C)c1. The van der Waals surface area contributed by atoms with Crippen LogP contribution in [-0.4, -0.2) is 9.59 Å². The zero-order valence-corrected chi connectivity index (χ0v) is 12.9. The molecule has 1 aromatic heterocycles. The lowest BCUT2D eigenvalue weighted by atomic mass is 9.89. The van der Waals surface area contributed by atoms with Crippen molar-refractivity contribution in [2.24, 2.45) is 5.84 Å². The van der Waals surface area contributed by atoms with Crippen molar-refractivity contribution in [3.8, 4) is 0 Å². The highest BCUT2D eigenvalue weighted by molar-refractivity contribution is 7.05. The third kappa shape index (κ3) is 3.03. The molecule has 4 nitrogen and oxygen atoms in total. The van der Waals surface area contributed by atoms with Gasteiger partial charge in [-0.2, -0.15) is 0 Å². The Balaban J connectivity index is 2.50. The average molecular weight is 294 g/mol. The van der Waals surface area contributed by atoms with Crippen LogP contribution in [0.2, 0.25) is 0 Å². The monoisotopic (exact) mass is 294 g/mol. The molecule has 1 atom stereocenters. The molecule has 0 spiro atoms. The van der Waals surface area contributed by atoms with E-state index in [-0.39, 0.29) is 17.3 Å². The fraction of sp³-hybridized carbons (Fsp3) is 0.429. The van der Waals surface area contributed by atoms with Crippen LogP contribution < -0.4 is 11.3 Å². The van der Waals surface area contributed by atoms with E-state index in [9.17, 15) is 4.39 Å². The minimum absolute atomic E-state index is 0.139. The number of nitrogens with zero attached hydrogens (tertiary/aromatic N) is 2. The maximum atomic E-state index is 13.6. The quantitative estimate of drug-likeness (QED) is 0.675. The minimum Gasteiger partial charge on any atom is -0.271 e. The molecule has 20 heavy (non-hydrogen) atoms. The van der Waals surface area contributed by atoms with Crippen molar-refractivity contribution in [3.05, 3.63) is 45.7 Å². The molecular formula is C14H19FN4S. The topological polar surface area (TPSA) is 63.8 Å². The van der Waals surface area contributed by atoms with Gasteiger partial charge in [0.25, 0.3) is 0 Å². The molecule has 0 amide bonds. The zero-order valence-electron chi connectivity index (χ0n) is 12.1.